The highest BCUT2D eigenvalue weighted by atomic mass is 16.7. The van der Waals surface area contributed by atoms with E-state index in [-0.39, 0.29) is 0 Å². The molecule has 3 rings (SSSR count). The quantitative estimate of drug-likeness (QED) is 0.488. The first kappa shape index (κ1) is 17.9. The lowest BCUT2D eigenvalue weighted by Gasteiger charge is -2.45. The van der Waals surface area contributed by atoms with E-state index in [1.165, 1.54) is 14.2 Å². The normalized spacial score (nSPS) is 11.7. The first-order valence-electron chi connectivity index (χ1n) is 8.43. The SMILES string of the molecule is COC(C#N)(OC)C(c1ccccc1)(c1ccccc1)c1ccccc1. The molecule has 3 heteroatoms. The topological polar surface area (TPSA) is 42.2 Å². The molecule has 0 spiro atoms. The van der Waals surface area contributed by atoms with Crippen LogP contribution in [0.15, 0.2) is 91.0 Å². The molecule has 0 fully saturated rings. The number of nitrogens with zero attached hydrogens (tertiary/aromatic N) is 1. The maximum Gasteiger partial charge on any atom is 0.277 e. The number of hydrogen-bond acceptors (Lipinski definition) is 3. The molecule has 0 unspecified atom stereocenters. The zero-order valence-corrected chi connectivity index (χ0v) is 14.9. The smallest absolute Gasteiger partial charge is 0.277 e. The van der Waals surface area contributed by atoms with Crippen molar-refractivity contribution in [3.63, 3.8) is 0 Å². The van der Waals surface area contributed by atoms with Crippen molar-refractivity contribution in [1.29, 1.82) is 5.26 Å². The van der Waals surface area contributed by atoms with Crippen molar-refractivity contribution in [3.05, 3.63) is 108 Å². The Morgan fingerprint density at radius 1 is 0.615 bits per heavy atom. The average Bonchev–Trinajstić information content (AvgIpc) is 2.74. The minimum Gasteiger partial charge on any atom is -0.340 e. The molecule has 0 heterocycles. The fourth-order valence-electron chi connectivity index (χ4n) is 3.70. The van der Waals surface area contributed by atoms with Crippen LogP contribution in [-0.4, -0.2) is 20.0 Å². The molecule has 0 radical (unpaired) electrons. The Morgan fingerprint density at radius 2 is 0.923 bits per heavy atom. The maximum absolute atomic E-state index is 10.2. The number of methoxy groups -OCH3 is 2. The van der Waals surface area contributed by atoms with Crippen LogP contribution in [0.25, 0.3) is 0 Å². The highest BCUT2D eigenvalue weighted by Gasteiger charge is 2.57. The molecule has 26 heavy (non-hydrogen) atoms. The van der Waals surface area contributed by atoms with Gasteiger partial charge in [-0.15, -0.1) is 0 Å². The lowest BCUT2D eigenvalue weighted by Crippen LogP contribution is -2.55. The second kappa shape index (κ2) is 7.53. The van der Waals surface area contributed by atoms with Crippen molar-refractivity contribution in [2.75, 3.05) is 14.2 Å². The van der Waals surface area contributed by atoms with Crippen molar-refractivity contribution in [2.24, 2.45) is 0 Å². The fourth-order valence-corrected chi connectivity index (χ4v) is 3.70. The van der Waals surface area contributed by atoms with Gasteiger partial charge in [-0.25, -0.2) is 0 Å². The summed E-state index contributed by atoms with van der Waals surface area (Å²) >= 11 is 0. The summed E-state index contributed by atoms with van der Waals surface area (Å²) in [5.41, 5.74) is 1.79. The summed E-state index contributed by atoms with van der Waals surface area (Å²) in [6, 6.07) is 32.0. The van der Waals surface area contributed by atoms with Gasteiger partial charge >= 0.3 is 0 Å². The van der Waals surface area contributed by atoms with Crippen LogP contribution in [0.2, 0.25) is 0 Å². The zero-order chi connectivity index (χ0) is 18.5. The van der Waals surface area contributed by atoms with E-state index >= 15 is 0 Å². The molecule has 0 aliphatic heterocycles. The van der Waals surface area contributed by atoms with Gasteiger partial charge < -0.3 is 9.47 Å². The zero-order valence-electron chi connectivity index (χ0n) is 14.9. The summed E-state index contributed by atoms with van der Waals surface area (Å²) in [7, 11) is 3.02. The van der Waals surface area contributed by atoms with Gasteiger partial charge in [0.2, 0.25) is 0 Å². The number of nitriles is 1. The molecule has 0 aromatic heterocycles. The number of ether oxygens (including phenoxy) is 2. The van der Waals surface area contributed by atoms with Gasteiger partial charge in [0.25, 0.3) is 5.79 Å². The summed E-state index contributed by atoms with van der Waals surface area (Å²) in [5, 5.41) is 10.2. The summed E-state index contributed by atoms with van der Waals surface area (Å²) in [6.07, 6.45) is 0. The van der Waals surface area contributed by atoms with Crippen LogP contribution >= 0.6 is 0 Å². The lowest BCUT2D eigenvalue weighted by atomic mass is 9.64. The highest BCUT2D eigenvalue weighted by molar-refractivity contribution is 5.55. The highest BCUT2D eigenvalue weighted by Crippen LogP contribution is 2.49. The summed E-state index contributed by atoms with van der Waals surface area (Å²) < 4.78 is 11.6. The summed E-state index contributed by atoms with van der Waals surface area (Å²) in [4.78, 5) is 0. The molecule has 130 valence electrons. The van der Waals surface area contributed by atoms with Gasteiger partial charge in [0, 0.05) is 14.2 Å². The third-order valence-electron chi connectivity index (χ3n) is 4.84. The fraction of sp³-hybridized carbons (Fsp3) is 0.174. The second-order valence-electron chi connectivity index (χ2n) is 5.98. The predicted molar refractivity (Wildman–Crippen MR) is 102 cm³/mol. The van der Waals surface area contributed by atoms with E-state index in [1.807, 2.05) is 91.0 Å². The van der Waals surface area contributed by atoms with E-state index in [1.54, 1.807) is 0 Å². The molecule has 0 saturated heterocycles. The molecule has 0 aliphatic rings. The van der Waals surface area contributed by atoms with Gasteiger partial charge in [0.15, 0.2) is 0 Å². The van der Waals surface area contributed by atoms with E-state index in [9.17, 15) is 5.26 Å². The van der Waals surface area contributed by atoms with E-state index in [0.29, 0.717) is 0 Å². The Labute approximate surface area is 154 Å². The molecular formula is C23H21NO2. The van der Waals surface area contributed by atoms with Crippen LogP contribution in [0.3, 0.4) is 0 Å². The van der Waals surface area contributed by atoms with Gasteiger partial charge in [0.1, 0.15) is 11.5 Å². The van der Waals surface area contributed by atoms with E-state index in [0.717, 1.165) is 16.7 Å². The van der Waals surface area contributed by atoms with Crippen molar-refractivity contribution < 1.29 is 9.47 Å². The molecule has 0 aliphatic carbocycles. The Balaban J connectivity index is 2.50. The third kappa shape index (κ3) is 2.61. The lowest BCUT2D eigenvalue weighted by molar-refractivity contribution is -0.192. The maximum atomic E-state index is 10.2. The van der Waals surface area contributed by atoms with Crippen LogP contribution in [0, 0.1) is 11.3 Å². The number of benzene rings is 3. The molecule has 0 atom stereocenters. The van der Waals surface area contributed by atoms with Gasteiger partial charge in [0.05, 0.1) is 0 Å². The van der Waals surface area contributed by atoms with Crippen LogP contribution < -0.4 is 0 Å². The molecule has 3 nitrogen and oxygen atoms in total. The minimum atomic E-state index is -1.54. The molecular weight excluding hydrogens is 322 g/mol. The summed E-state index contributed by atoms with van der Waals surface area (Å²) in [5.74, 6) is -1.54. The minimum absolute atomic E-state index is 0.919. The van der Waals surface area contributed by atoms with Crippen molar-refractivity contribution in [3.8, 4) is 6.07 Å². The van der Waals surface area contributed by atoms with Crippen molar-refractivity contribution >= 4 is 0 Å². The van der Waals surface area contributed by atoms with E-state index in [4.69, 9.17) is 9.47 Å². The first-order valence-corrected chi connectivity index (χ1v) is 8.43. The molecule has 0 amide bonds. The van der Waals surface area contributed by atoms with Crippen molar-refractivity contribution in [1.82, 2.24) is 0 Å². The van der Waals surface area contributed by atoms with E-state index < -0.39 is 11.2 Å². The van der Waals surface area contributed by atoms with Crippen molar-refractivity contribution in [2.45, 2.75) is 11.2 Å². The molecule has 0 saturated carbocycles. The predicted octanol–water partition coefficient (Wildman–Crippen LogP) is 4.53. The Morgan fingerprint density at radius 3 is 1.15 bits per heavy atom. The largest absolute Gasteiger partial charge is 0.340 e. The standard InChI is InChI=1S/C23H21NO2/c1-25-22(18-24,26-2)23(19-12-6-3-7-13-19,20-14-8-4-9-15-20)21-16-10-5-11-17-21/h3-17H,1-2H3. The second-order valence-corrected chi connectivity index (χ2v) is 5.98. The molecule has 3 aromatic carbocycles. The number of hydrogen-bond donors (Lipinski definition) is 0. The Hall–Kier alpha value is -2.93. The van der Waals surface area contributed by atoms with Gasteiger partial charge in [-0.1, -0.05) is 91.0 Å². The third-order valence-corrected chi connectivity index (χ3v) is 4.84. The Bertz CT molecular complexity index is 770. The van der Waals surface area contributed by atoms with Crippen LogP contribution in [0.5, 0.6) is 0 Å². The van der Waals surface area contributed by atoms with Crippen LogP contribution in [0.1, 0.15) is 16.7 Å². The van der Waals surface area contributed by atoms with Gasteiger partial charge in [-0.3, -0.25) is 0 Å². The average molecular weight is 343 g/mol. The monoisotopic (exact) mass is 343 g/mol. The molecule has 0 bridgehead atoms. The van der Waals surface area contributed by atoms with Crippen LogP contribution in [0.4, 0.5) is 0 Å². The van der Waals surface area contributed by atoms with Gasteiger partial charge in [-0.05, 0) is 16.7 Å². The van der Waals surface area contributed by atoms with Crippen LogP contribution in [-0.2, 0) is 14.9 Å². The van der Waals surface area contributed by atoms with E-state index in [2.05, 4.69) is 6.07 Å². The Kier molecular flexibility index (Phi) is 5.18. The summed E-state index contributed by atoms with van der Waals surface area (Å²) in [6.45, 7) is 0. The number of rotatable bonds is 6. The molecule has 0 N–H and O–H groups in total. The van der Waals surface area contributed by atoms with Gasteiger partial charge in [-0.2, -0.15) is 5.26 Å². The molecule has 3 aromatic rings. The first-order chi connectivity index (χ1) is 12.7.